The maximum absolute atomic E-state index is 14.8. The van der Waals surface area contributed by atoms with Crippen LogP contribution in [0.4, 0.5) is 5.69 Å². The Morgan fingerprint density at radius 2 is 1.93 bits per heavy atom. The Kier molecular flexibility index (Phi) is 10.4. The molecule has 3 heterocycles. The van der Waals surface area contributed by atoms with Crippen LogP contribution in [0.15, 0.2) is 49.6 Å². The number of fused-ring (bicyclic) bond motifs is 1. The number of anilines is 1. The van der Waals surface area contributed by atoms with E-state index >= 15 is 0 Å². The van der Waals surface area contributed by atoms with Crippen molar-refractivity contribution in [2.24, 2.45) is 17.8 Å². The molecule has 0 radical (unpaired) electrons. The van der Waals surface area contributed by atoms with Crippen LogP contribution < -0.4 is 4.90 Å². The minimum absolute atomic E-state index is 0.0428. The van der Waals surface area contributed by atoms with Gasteiger partial charge in [-0.15, -0.1) is 24.9 Å². The van der Waals surface area contributed by atoms with Crippen LogP contribution in [0.5, 0.6) is 0 Å². The van der Waals surface area contributed by atoms with Gasteiger partial charge in [-0.1, -0.05) is 72.6 Å². The smallest absolute Gasteiger partial charge is 0.251 e. The van der Waals surface area contributed by atoms with E-state index in [4.69, 9.17) is 11.6 Å². The minimum Gasteiger partial charge on any atom is -0.394 e. The van der Waals surface area contributed by atoms with Gasteiger partial charge in [0.25, 0.3) is 5.91 Å². The van der Waals surface area contributed by atoms with E-state index in [1.807, 2.05) is 26.8 Å². The SMILES string of the molecule is C=CCN(CCC)C(=O)[C@H]1[C@@H]2SC3(CC2Br)C(C(=O)N(CC=C)c2ccccc2Cl)N([C@@H](CO)CC(C)C)C(=O)[C@H]13. The van der Waals surface area contributed by atoms with Crippen molar-refractivity contribution in [3.05, 3.63) is 54.6 Å². The van der Waals surface area contributed by atoms with Crippen molar-refractivity contribution >= 4 is 62.7 Å². The van der Waals surface area contributed by atoms with Gasteiger partial charge >= 0.3 is 0 Å². The van der Waals surface area contributed by atoms with Crippen molar-refractivity contribution in [3.63, 3.8) is 0 Å². The molecule has 3 amide bonds. The van der Waals surface area contributed by atoms with Crippen molar-refractivity contribution in [2.75, 3.05) is 31.1 Å². The van der Waals surface area contributed by atoms with Crippen LogP contribution in [0.25, 0.3) is 0 Å². The minimum atomic E-state index is -0.876. The molecule has 224 valence electrons. The molecule has 7 nitrogen and oxygen atoms in total. The molecule has 3 fully saturated rings. The highest BCUT2D eigenvalue weighted by Crippen LogP contribution is 2.68. The summed E-state index contributed by atoms with van der Waals surface area (Å²) in [5, 5.41) is 10.9. The first-order chi connectivity index (χ1) is 19.6. The van der Waals surface area contributed by atoms with Gasteiger partial charge in [-0.3, -0.25) is 14.4 Å². The van der Waals surface area contributed by atoms with Gasteiger partial charge in [0.05, 0.1) is 39.9 Å². The van der Waals surface area contributed by atoms with E-state index in [0.717, 1.165) is 6.42 Å². The van der Waals surface area contributed by atoms with Crippen LogP contribution in [0.3, 0.4) is 0 Å². The summed E-state index contributed by atoms with van der Waals surface area (Å²) in [6.45, 7) is 14.7. The number of hydrogen-bond acceptors (Lipinski definition) is 5. The van der Waals surface area contributed by atoms with Crippen LogP contribution in [-0.2, 0) is 14.4 Å². The maximum atomic E-state index is 14.8. The molecule has 7 atom stereocenters. The largest absolute Gasteiger partial charge is 0.394 e. The van der Waals surface area contributed by atoms with E-state index in [9.17, 15) is 19.5 Å². The standard InChI is InChI=1S/C31H41BrClN3O4S/c1-6-13-34(14-7-2)28(38)24-25-29(39)36(20(18-37)16-19(4)5)27(31(25)17-21(32)26(24)41-31)30(40)35(15-8-3)23-12-10-9-11-22(23)33/h6,8-12,19-21,24-27,37H,1,3,7,13-18H2,2,4-5H3/t20-,21?,24-,25+,26-,27?,31?/m1/s1. The first-order valence-corrected chi connectivity index (χ1v) is 16.6. The van der Waals surface area contributed by atoms with Crippen molar-refractivity contribution in [1.82, 2.24) is 9.80 Å². The zero-order valence-electron chi connectivity index (χ0n) is 24.0. The number of amides is 3. The molecule has 41 heavy (non-hydrogen) atoms. The Labute approximate surface area is 261 Å². The third-order valence-electron chi connectivity index (χ3n) is 8.47. The molecule has 1 aromatic carbocycles. The van der Waals surface area contributed by atoms with Gasteiger partial charge < -0.3 is 19.8 Å². The van der Waals surface area contributed by atoms with E-state index < -0.39 is 28.7 Å². The molecule has 0 saturated carbocycles. The van der Waals surface area contributed by atoms with Gasteiger partial charge in [0, 0.05) is 29.7 Å². The van der Waals surface area contributed by atoms with Gasteiger partial charge in [-0.2, -0.15) is 0 Å². The summed E-state index contributed by atoms with van der Waals surface area (Å²) in [6, 6.07) is 5.71. The average molecular weight is 667 g/mol. The third kappa shape index (κ3) is 5.64. The monoisotopic (exact) mass is 665 g/mol. The number of aliphatic hydroxyl groups is 1. The van der Waals surface area contributed by atoms with E-state index in [-0.39, 0.29) is 46.9 Å². The fourth-order valence-corrected chi connectivity index (χ4v) is 10.8. The maximum Gasteiger partial charge on any atom is 0.251 e. The van der Waals surface area contributed by atoms with E-state index in [1.54, 1.807) is 56.8 Å². The lowest BCUT2D eigenvalue weighted by molar-refractivity contribution is -0.145. The summed E-state index contributed by atoms with van der Waals surface area (Å²) in [4.78, 5) is 48.5. The summed E-state index contributed by atoms with van der Waals surface area (Å²) in [7, 11) is 0. The van der Waals surface area contributed by atoms with Crippen molar-refractivity contribution in [3.8, 4) is 0 Å². The number of halogens is 2. The summed E-state index contributed by atoms with van der Waals surface area (Å²) < 4.78 is -0.829. The Hall–Kier alpha value is -1.81. The number of para-hydroxylation sites is 1. The van der Waals surface area contributed by atoms with Crippen molar-refractivity contribution < 1.29 is 19.5 Å². The summed E-state index contributed by atoms with van der Waals surface area (Å²) in [6.07, 6.45) is 5.24. The van der Waals surface area contributed by atoms with Crippen LogP contribution in [0, 0.1) is 17.8 Å². The molecule has 3 unspecified atom stereocenters. The van der Waals surface area contributed by atoms with Gasteiger partial charge in [-0.05, 0) is 37.3 Å². The third-order valence-corrected chi connectivity index (χ3v) is 12.0. The molecule has 1 spiro atoms. The number of thioether (sulfide) groups is 1. The zero-order chi connectivity index (χ0) is 30.1. The van der Waals surface area contributed by atoms with E-state index in [2.05, 4.69) is 29.1 Å². The summed E-state index contributed by atoms with van der Waals surface area (Å²) in [5.74, 6) is -1.63. The molecule has 0 aliphatic carbocycles. The number of hydrogen-bond donors (Lipinski definition) is 1. The van der Waals surface area contributed by atoms with E-state index in [1.165, 1.54) is 0 Å². The Morgan fingerprint density at radius 3 is 2.51 bits per heavy atom. The topological polar surface area (TPSA) is 81.2 Å². The average Bonchev–Trinajstić information content (AvgIpc) is 3.53. The molecular weight excluding hydrogens is 626 g/mol. The van der Waals surface area contributed by atoms with Crippen LogP contribution >= 0.6 is 39.3 Å². The molecule has 3 aliphatic rings. The number of rotatable bonds is 13. The molecule has 0 aromatic heterocycles. The molecule has 4 rings (SSSR count). The van der Waals surface area contributed by atoms with E-state index in [0.29, 0.717) is 36.6 Å². The number of benzene rings is 1. The number of likely N-dealkylation sites (tertiary alicyclic amines) is 1. The van der Waals surface area contributed by atoms with Gasteiger partial charge in [0.1, 0.15) is 6.04 Å². The fraction of sp³-hybridized carbons (Fsp3) is 0.581. The lowest BCUT2D eigenvalue weighted by atomic mass is 9.70. The Morgan fingerprint density at radius 1 is 1.24 bits per heavy atom. The van der Waals surface area contributed by atoms with Crippen LogP contribution in [0.1, 0.15) is 40.0 Å². The van der Waals surface area contributed by atoms with Gasteiger partial charge in [-0.25, -0.2) is 0 Å². The Bertz CT molecular complexity index is 1180. The lowest BCUT2D eigenvalue weighted by Crippen LogP contribution is -2.58. The second kappa shape index (κ2) is 13.2. The molecular formula is C31H41BrClN3O4S. The normalized spacial score (nSPS) is 29.0. The number of carbonyl (C=O) groups is 3. The zero-order valence-corrected chi connectivity index (χ0v) is 27.2. The number of aliphatic hydroxyl groups excluding tert-OH is 1. The molecule has 1 aromatic rings. The number of carbonyl (C=O) groups excluding carboxylic acids is 3. The molecule has 3 saturated heterocycles. The van der Waals surface area contributed by atoms with Crippen LogP contribution in [0.2, 0.25) is 5.02 Å². The first-order valence-electron chi connectivity index (χ1n) is 14.4. The first kappa shape index (κ1) is 32.1. The van der Waals surface area contributed by atoms with Gasteiger partial charge in [0.15, 0.2) is 0 Å². The second-order valence-corrected chi connectivity index (χ2v) is 14.8. The summed E-state index contributed by atoms with van der Waals surface area (Å²) in [5.41, 5.74) is 0.538. The second-order valence-electron chi connectivity index (χ2n) is 11.6. The Balaban J connectivity index is 1.86. The predicted molar refractivity (Wildman–Crippen MR) is 170 cm³/mol. The fourth-order valence-electron chi connectivity index (χ4n) is 7.02. The highest BCUT2D eigenvalue weighted by atomic mass is 79.9. The summed E-state index contributed by atoms with van der Waals surface area (Å²) >= 11 is 12.0. The molecule has 2 bridgehead atoms. The van der Waals surface area contributed by atoms with Crippen LogP contribution in [-0.4, -0.2) is 85.8 Å². The van der Waals surface area contributed by atoms with Crippen molar-refractivity contribution in [1.29, 1.82) is 0 Å². The molecule has 1 N–H and O–H groups in total. The highest BCUT2D eigenvalue weighted by Gasteiger charge is 2.76. The highest BCUT2D eigenvalue weighted by molar-refractivity contribution is 9.09. The quantitative estimate of drug-likeness (QED) is 0.233. The number of nitrogens with zero attached hydrogens (tertiary/aromatic N) is 3. The lowest BCUT2D eigenvalue weighted by Gasteiger charge is -2.40. The molecule has 3 aliphatic heterocycles. The predicted octanol–water partition coefficient (Wildman–Crippen LogP) is 5.16. The number of alkyl halides is 1. The molecule has 10 heteroatoms. The van der Waals surface area contributed by atoms with Crippen molar-refractivity contribution in [2.45, 2.75) is 66.9 Å². The van der Waals surface area contributed by atoms with Gasteiger partial charge in [0.2, 0.25) is 11.8 Å².